The Bertz CT molecular complexity index is 484. The third-order valence-electron chi connectivity index (χ3n) is 1.99. The van der Waals surface area contributed by atoms with E-state index in [0.29, 0.717) is 5.02 Å². The minimum Gasteiger partial charge on any atom is -0.392 e. The summed E-state index contributed by atoms with van der Waals surface area (Å²) in [6.45, 7) is -0.0111. The predicted octanol–water partition coefficient (Wildman–Crippen LogP) is 2.78. The van der Waals surface area contributed by atoms with Gasteiger partial charge in [0.05, 0.1) is 28.0 Å². The Morgan fingerprint density at radius 2 is 2.27 bits per heavy atom. The highest BCUT2D eigenvalue weighted by Crippen LogP contribution is 2.22. The van der Waals surface area contributed by atoms with E-state index in [1.54, 1.807) is 16.9 Å². The molecular formula is C10H8BrClN2O. The lowest BCUT2D eigenvalue weighted by molar-refractivity contribution is 0.282. The van der Waals surface area contributed by atoms with Crippen LogP contribution in [0, 0.1) is 0 Å². The van der Waals surface area contributed by atoms with Crippen LogP contribution in [0.3, 0.4) is 0 Å². The van der Waals surface area contributed by atoms with Crippen molar-refractivity contribution in [1.29, 1.82) is 0 Å². The molecule has 0 saturated heterocycles. The fourth-order valence-corrected chi connectivity index (χ4v) is 1.84. The minimum atomic E-state index is -0.0111. The summed E-state index contributed by atoms with van der Waals surface area (Å²) in [6, 6.07) is 5.37. The van der Waals surface area contributed by atoms with Crippen molar-refractivity contribution in [1.82, 2.24) is 9.78 Å². The highest BCUT2D eigenvalue weighted by atomic mass is 79.9. The molecule has 1 heterocycles. The molecule has 0 spiro atoms. The van der Waals surface area contributed by atoms with E-state index in [0.717, 1.165) is 15.7 Å². The molecule has 0 unspecified atom stereocenters. The number of halogens is 2. The van der Waals surface area contributed by atoms with Gasteiger partial charge in [0.2, 0.25) is 0 Å². The van der Waals surface area contributed by atoms with Crippen LogP contribution in [0.25, 0.3) is 5.69 Å². The number of benzene rings is 1. The average molecular weight is 288 g/mol. The van der Waals surface area contributed by atoms with Crippen molar-refractivity contribution in [3.8, 4) is 5.69 Å². The van der Waals surface area contributed by atoms with Crippen LogP contribution in [0.15, 0.2) is 35.1 Å². The summed E-state index contributed by atoms with van der Waals surface area (Å²) in [5.74, 6) is 0. The van der Waals surface area contributed by atoms with Crippen LogP contribution in [0.4, 0.5) is 0 Å². The first-order chi connectivity index (χ1) is 7.20. The van der Waals surface area contributed by atoms with Gasteiger partial charge >= 0.3 is 0 Å². The third-order valence-corrected chi connectivity index (χ3v) is 2.70. The SMILES string of the molecule is OCc1ccc(-n2cc(Br)cn2)c(Cl)c1. The Kier molecular flexibility index (Phi) is 3.09. The monoisotopic (exact) mass is 286 g/mol. The molecule has 15 heavy (non-hydrogen) atoms. The van der Waals surface area contributed by atoms with E-state index < -0.39 is 0 Å². The molecule has 1 aromatic carbocycles. The zero-order chi connectivity index (χ0) is 10.8. The zero-order valence-corrected chi connectivity index (χ0v) is 10.0. The highest BCUT2D eigenvalue weighted by molar-refractivity contribution is 9.10. The average Bonchev–Trinajstić information content (AvgIpc) is 2.64. The number of nitrogens with zero attached hydrogens (tertiary/aromatic N) is 2. The van der Waals surface area contributed by atoms with Gasteiger partial charge in [-0.15, -0.1) is 0 Å². The van der Waals surface area contributed by atoms with Gasteiger partial charge in [0.15, 0.2) is 0 Å². The van der Waals surface area contributed by atoms with Gasteiger partial charge in [-0.1, -0.05) is 17.7 Å². The second-order valence-electron chi connectivity index (χ2n) is 3.05. The Balaban J connectivity index is 2.45. The molecule has 0 fully saturated rings. The lowest BCUT2D eigenvalue weighted by Crippen LogP contribution is -1.96. The summed E-state index contributed by atoms with van der Waals surface area (Å²) in [6.07, 6.45) is 3.51. The van der Waals surface area contributed by atoms with E-state index in [4.69, 9.17) is 16.7 Å². The van der Waals surface area contributed by atoms with E-state index in [2.05, 4.69) is 21.0 Å². The summed E-state index contributed by atoms with van der Waals surface area (Å²) < 4.78 is 2.57. The second-order valence-corrected chi connectivity index (χ2v) is 4.37. The van der Waals surface area contributed by atoms with Crippen molar-refractivity contribution in [2.75, 3.05) is 0 Å². The van der Waals surface area contributed by atoms with Gasteiger partial charge in [-0.3, -0.25) is 0 Å². The van der Waals surface area contributed by atoms with Gasteiger partial charge in [-0.25, -0.2) is 4.68 Å². The zero-order valence-electron chi connectivity index (χ0n) is 7.69. The van der Waals surface area contributed by atoms with Crippen LogP contribution in [-0.2, 0) is 6.61 Å². The number of aliphatic hydroxyl groups is 1. The van der Waals surface area contributed by atoms with E-state index in [9.17, 15) is 0 Å². The van der Waals surface area contributed by atoms with Crippen molar-refractivity contribution in [3.05, 3.63) is 45.7 Å². The fourth-order valence-electron chi connectivity index (χ4n) is 1.27. The van der Waals surface area contributed by atoms with E-state index in [-0.39, 0.29) is 6.61 Å². The van der Waals surface area contributed by atoms with Gasteiger partial charge in [-0.2, -0.15) is 5.10 Å². The van der Waals surface area contributed by atoms with Crippen molar-refractivity contribution < 1.29 is 5.11 Å². The lowest BCUT2D eigenvalue weighted by Gasteiger charge is -2.05. The molecular weight excluding hydrogens is 279 g/mol. The van der Waals surface area contributed by atoms with Crippen LogP contribution < -0.4 is 0 Å². The molecule has 0 bridgehead atoms. The van der Waals surface area contributed by atoms with Gasteiger partial charge in [0.25, 0.3) is 0 Å². The van der Waals surface area contributed by atoms with Gasteiger partial charge < -0.3 is 5.11 Å². The van der Waals surface area contributed by atoms with Gasteiger partial charge in [-0.05, 0) is 33.6 Å². The third kappa shape index (κ3) is 2.22. The second kappa shape index (κ2) is 4.35. The molecule has 0 aliphatic rings. The lowest BCUT2D eigenvalue weighted by atomic mass is 10.2. The minimum absolute atomic E-state index is 0.0111. The molecule has 0 amide bonds. The Morgan fingerprint density at radius 1 is 1.47 bits per heavy atom. The van der Waals surface area contributed by atoms with Crippen molar-refractivity contribution >= 4 is 27.5 Å². The maximum Gasteiger partial charge on any atom is 0.0832 e. The standard InChI is InChI=1S/C10H8BrClN2O/c11-8-4-13-14(5-8)10-2-1-7(6-15)3-9(10)12/h1-5,15H,6H2. The fraction of sp³-hybridized carbons (Fsp3) is 0.100. The molecule has 0 atom stereocenters. The smallest absolute Gasteiger partial charge is 0.0832 e. The van der Waals surface area contributed by atoms with Crippen LogP contribution in [0.1, 0.15) is 5.56 Å². The topological polar surface area (TPSA) is 38.0 Å². The predicted molar refractivity (Wildman–Crippen MR) is 62.2 cm³/mol. The number of aliphatic hydroxyl groups excluding tert-OH is 1. The number of rotatable bonds is 2. The molecule has 0 saturated carbocycles. The van der Waals surface area contributed by atoms with E-state index in [1.165, 1.54) is 0 Å². The summed E-state index contributed by atoms with van der Waals surface area (Å²) in [7, 11) is 0. The molecule has 2 rings (SSSR count). The number of hydrogen-bond donors (Lipinski definition) is 1. The quantitative estimate of drug-likeness (QED) is 0.922. The normalized spacial score (nSPS) is 10.6. The summed E-state index contributed by atoms with van der Waals surface area (Å²) >= 11 is 9.38. The van der Waals surface area contributed by atoms with Crippen LogP contribution in [0.5, 0.6) is 0 Å². The Morgan fingerprint density at radius 3 is 2.80 bits per heavy atom. The first kappa shape index (κ1) is 10.7. The molecule has 0 aliphatic heterocycles. The van der Waals surface area contributed by atoms with Gasteiger partial charge in [0, 0.05) is 6.20 Å². The van der Waals surface area contributed by atoms with E-state index >= 15 is 0 Å². The van der Waals surface area contributed by atoms with Gasteiger partial charge in [0.1, 0.15) is 0 Å². The van der Waals surface area contributed by atoms with Crippen LogP contribution >= 0.6 is 27.5 Å². The van der Waals surface area contributed by atoms with E-state index in [1.807, 2.05) is 18.3 Å². The number of hydrogen-bond acceptors (Lipinski definition) is 2. The summed E-state index contributed by atoms with van der Waals surface area (Å²) in [5, 5.41) is 13.6. The maximum absolute atomic E-state index is 8.94. The molecule has 0 radical (unpaired) electrons. The molecule has 78 valence electrons. The molecule has 3 nitrogen and oxygen atoms in total. The molecule has 1 aromatic heterocycles. The first-order valence-electron chi connectivity index (χ1n) is 4.30. The van der Waals surface area contributed by atoms with Crippen molar-refractivity contribution in [2.45, 2.75) is 6.61 Å². The summed E-state index contributed by atoms with van der Waals surface area (Å²) in [5.41, 5.74) is 1.58. The molecule has 5 heteroatoms. The number of aromatic nitrogens is 2. The summed E-state index contributed by atoms with van der Waals surface area (Å²) in [4.78, 5) is 0. The highest BCUT2D eigenvalue weighted by Gasteiger charge is 2.04. The largest absolute Gasteiger partial charge is 0.392 e. The van der Waals surface area contributed by atoms with Crippen molar-refractivity contribution in [3.63, 3.8) is 0 Å². The molecule has 2 aromatic rings. The van der Waals surface area contributed by atoms with Crippen LogP contribution in [0.2, 0.25) is 5.02 Å². The first-order valence-corrected chi connectivity index (χ1v) is 5.47. The molecule has 0 aliphatic carbocycles. The Hall–Kier alpha value is -0.840. The molecule has 1 N–H and O–H groups in total. The maximum atomic E-state index is 8.94. The van der Waals surface area contributed by atoms with Crippen molar-refractivity contribution in [2.24, 2.45) is 0 Å². The van der Waals surface area contributed by atoms with Crippen LogP contribution in [-0.4, -0.2) is 14.9 Å². The Labute approximate surface area is 100 Å².